The number of hydrogen-bond donors (Lipinski definition) is 0. The van der Waals surface area contributed by atoms with E-state index in [-0.39, 0.29) is 0 Å². The van der Waals surface area contributed by atoms with Gasteiger partial charge in [-0.1, -0.05) is 13.3 Å². The molecule has 3 heteroatoms. The maximum Gasteiger partial charge on any atom is 0.264 e. The molecule has 0 saturated heterocycles. The summed E-state index contributed by atoms with van der Waals surface area (Å²) in [6, 6.07) is 0. The van der Waals surface area contributed by atoms with Crippen LogP contribution in [0, 0.1) is 0 Å². The first kappa shape index (κ1) is 7.82. The second-order valence-electron chi connectivity index (χ2n) is 1.79. The third-order valence-corrected chi connectivity index (χ3v) is 1.83. The SMILES string of the molecule is CCCC([SiH3])=C(F)F. The molecule has 0 heterocycles. The van der Waals surface area contributed by atoms with E-state index in [0.717, 1.165) is 6.42 Å². The lowest BCUT2D eigenvalue weighted by Gasteiger charge is -1.91. The summed E-state index contributed by atoms with van der Waals surface area (Å²) < 4.78 is 23.1. The first-order chi connectivity index (χ1) is 3.68. The van der Waals surface area contributed by atoms with Gasteiger partial charge in [-0.3, -0.25) is 0 Å². The normalized spacial score (nSPS) is 9.38. The van der Waals surface area contributed by atoms with Crippen LogP contribution in [-0.4, -0.2) is 10.2 Å². The molecule has 0 atom stereocenters. The van der Waals surface area contributed by atoms with Crippen molar-refractivity contribution in [3.63, 3.8) is 0 Å². The van der Waals surface area contributed by atoms with Crippen molar-refractivity contribution in [1.82, 2.24) is 0 Å². The molecular weight excluding hydrogens is 126 g/mol. The van der Waals surface area contributed by atoms with Gasteiger partial charge in [0.05, 0.1) is 0 Å². The van der Waals surface area contributed by atoms with Crippen molar-refractivity contribution in [2.45, 2.75) is 19.8 Å². The van der Waals surface area contributed by atoms with Crippen LogP contribution in [0.15, 0.2) is 11.3 Å². The molecule has 0 fully saturated rings. The molecule has 0 nitrogen and oxygen atoms in total. The van der Waals surface area contributed by atoms with Gasteiger partial charge >= 0.3 is 0 Å². The zero-order valence-electron chi connectivity index (χ0n) is 5.17. The van der Waals surface area contributed by atoms with E-state index in [9.17, 15) is 8.78 Å². The van der Waals surface area contributed by atoms with Crippen LogP contribution in [0.25, 0.3) is 0 Å². The largest absolute Gasteiger partial charge is 0.264 e. The summed E-state index contributed by atoms with van der Waals surface area (Å²) in [6.07, 6.45) is -0.0522. The van der Waals surface area contributed by atoms with Crippen molar-refractivity contribution in [3.8, 4) is 0 Å². The molecule has 0 aliphatic rings. The number of hydrogen-bond acceptors (Lipinski definition) is 0. The van der Waals surface area contributed by atoms with E-state index in [2.05, 4.69) is 0 Å². The van der Waals surface area contributed by atoms with E-state index >= 15 is 0 Å². The van der Waals surface area contributed by atoms with Gasteiger partial charge in [-0.25, -0.2) is 0 Å². The fraction of sp³-hybridized carbons (Fsp3) is 0.600. The lowest BCUT2D eigenvalue weighted by atomic mass is 10.3. The van der Waals surface area contributed by atoms with Crippen LogP contribution < -0.4 is 0 Å². The highest BCUT2D eigenvalue weighted by molar-refractivity contribution is 6.21. The molecule has 0 saturated carbocycles. The number of allylic oxidation sites excluding steroid dienone is 1. The van der Waals surface area contributed by atoms with Crippen LogP contribution in [0.2, 0.25) is 0 Å². The zero-order chi connectivity index (χ0) is 6.57. The Kier molecular flexibility index (Phi) is 3.69. The van der Waals surface area contributed by atoms with Gasteiger partial charge in [0, 0.05) is 10.2 Å². The van der Waals surface area contributed by atoms with E-state index in [1.54, 1.807) is 0 Å². The quantitative estimate of drug-likeness (QED) is 0.501. The average molecular weight is 136 g/mol. The smallest absolute Gasteiger partial charge is 0.174 e. The summed E-state index contributed by atoms with van der Waals surface area (Å²) in [4.78, 5) is 0. The second kappa shape index (κ2) is 3.77. The maximum atomic E-state index is 11.5. The fourth-order valence-corrected chi connectivity index (χ4v) is 0.969. The zero-order valence-corrected chi connectivity index (χ0v) is 7.17. The van der Waals surface area contributed by atoms with Gasteiger partial charge in [-0.05, 0) is 11.6 Å². The van der Waals surface area contributed by atoms with Crippen LogP contribution in [0.5, 0.6) is 0 Å². The van der Waals surface area contributed by atoms with E-state index in [1.807, 2.05) is 6.92 Å². The molecule has 0 spiro atoms. The lowest BCUT2D eigenvalue weighted by Crippen LogP contribution is -1.81. The van der Waals surface area contributed by atoms with Gasteiger partial charge in [-0.15, -0.1) is 0 Å². The Morgan fingerprint density at radius 2 is 2.00 bits per heavy atom. The first-order valence-electron chi connectivity index (χ1n) is 2.69. The van der Waals surface area contributed by atoms with Gasteiger partial charge in [0.15, 0.2) is 0 Å². The molecule has 0 aromatic heterocycles. The van der Waals surface area contributed by atoms with Gasteiger partial charge in [0.2, 0.25) is 0 Å². The second-order valence-corrected chi connectivity index (χ2v) is 3.00. The fourth-order valence-electron chi connectivity index (χ4n) is 0.469. The highest BCUT2D eigenvalue weighted by Crippen LogP contribution is 2.08. The molecule has 0 aliphatic carbocycles. The minimum Gasteiger partial charge on any atom is -0.174 e. The van der Waals surface area contributed by atoms with Gasteiger partial charge in [0.25, 0.3) is 6.08 Å². The molecule has 0 radical (unpaired) electrons. The molecule has 8 heavy (non-hydrogen) atoms. The third kappa shape index (κ3) is 2.90. The van der Waals surface area contributed by atoms with Crippen molar-refractivity contribution in [1.29, 1.82) is 0 Å². The Morgan fingerprint density at radius 3 is 2.12 bits per heavy atom. The molecule has 0 rings (SSSR count). The maximum absolute atomic E-state index is 11.5. The van der Waals surface area contributed by atoms with E-state index < -0.39 is 6.08 Å². The summed E-state index contributed by atoms with van der Waals surface area (Å²) in [5, 5.41) is 0.354. The van der Waals surface area contributed by atoms with E-state index in [0.29, 0.717) is 21.9 Å². The molecule has 0 aliphatic heterocycles. The first-order valence-corrected chi connectivity index (χ1v) is 3.69. The monoisotopic (exact) mass is 136 g/mol. The van der Waals surface area contributed by atoms with E-state index in [1.165, 1.54) is 0 Å². The lowest BCUT2D eigenvalue weighted by molar-refractivity contribution is 0.414. The summed E-state index contributed by atoms with van der Waals surface area (Å²) in [5.74, 6) is 0. The van der Waals surface area contributed by atoms with Crippen molar-refractivity contribution in [3.05, 3.63) is 11.3 Å². The third-order valence-electron chi connectivity index (χ3n) is 0.948. The van der Waals surface area contributed by atoms with Crippen molar-refractivity contribution >= 4 is 10.2 Å². The molecule has 0 N–H and O–H groups in total. The van der Waals surface area contributed by atoms with Crippen LogP contribution in [0.3, 0.4) is 0 Å². The molecule has 0 unspecified atom stereocenters. The predicted octanol–water partition coefficient (Wildman–Crippen LogP) is 1.26. The predicted molar refractivity (Wildman–Crippen MR) is 34.1 cm³/mol. The Bertz CT molecular complexity index is 94.6. The average Bonchev–Trinajstić information content (AvgIpc) is 1.67. The van der Waals surface area contributed by atoms with Crippen molar-refractivity contribution in [2.24, 2.45) is 0 Å². The highest BCUT2D eigenvalue weighted by Gasteiger charge is 1.95. The minimum absolute atomic E-state index is 0.354. The summed E-state index contributed by atoms with van der Waals surface area (Å²) >= 11 is 0. The Labute approximate surface area is 51.0 Å². The summed E-state index contributed by atoms with van der Waals surface area (Å²) in [5.41, 5.74) is 0. The van der Waals surface area contributed by atoms with Crippen LogP contribution in [-0.2, 0) is 0 Å². The highest BCUT2D eigenvalue weighted by atomic mass is 28.1. The van der Waals surface area contributed by atoms with Gasteiger partial charge in [-0.2, -0.15) is 8.78 Å². The Morgan fingerprint density at radius 1 is 1.50 bits per heavy atom. The standard InChI is InChI=1S/C5H10F2Si/c1-2-3-4(8)5(6)7/h2-3H2,1,8H3. The topological polar surface area (TPSA) is 0 Å². The number of halogens is 2. The van der Waals surface area contributed by atoms with Gasteiger partial charge in [0.1, 0.15) is 0 Å². The van der Waals surface area contributed by atoms with Crippen molar-refractivity contribution in [2.75, 3.05) is 0 Å². The summed E-state index contributed by atoms with van der Waals surface area (Å²) in [7, 11) is 0.513. The molecule has 0 aromatic rings. The molecule has 48 valence electrons. The molecular formula is C5H10F2Si. The molecule has 0 bridgehead atoms. The van der Waals surface area contributed by atoms with Crippen LogP contribution >= 0.6 is 0 Å². The molecule has 0 amide bonds. The van der Waals surface area contributed by atoms with E-state index in [4.69, 9.17) is 0 Å². The van der Waals surface area contributed by atoms with Crippen LogP contribution in [0.4, 0.5) is 8.78 Å². The van der Waals surface area contributed by atoms with Crippen molar-refractivity contribution < 1.29 is 8.78 Å². The van der Waals surface area contributed by atoms with Gasteiger partial charge < -0.3 is 0 Å². The number of rotatable bonds is 2. The van der Waals surface area contributed by atoms with Crippen LogP contribution in [0.1, 0.15) is 19.8 Å². The minimum atomic E-state index is -1.46. The Hall–Kier alpha value is -0.183. The summed E-state index contributed by atoms with van der Waals surface area (Å²) in [6.45, 7) is 1.90. The Balaban J connectivity index is 3.62. The molecule has 0 aromatic carbocycles.